The molecule has 1 saturated heterocycles. The van der Waals surface area contributed by atoms with Gasteiger partial charge in [-0.25, -0.2) is 4.79 Å². The quantitative estimate of drug-likeness (QED) is 0.870. The summed E-state index contributed by atoms with van der Waals surface area (Å²) in [5.41, 5.74) is 6.49. The fourth-order valence-electron chi connectivity index (χ4n) is 2.30. The van der Waals surface area contributed by atoms with Crippen molar-refractivity contribution in [1.82, 2.24) is 10.2 Å². The van der Waals surface area contributed by atoms with E-state index >= 15 is 0 Å². The van der Waals surface area contributed by atoms with Crippen molar-refractivity contribution >= 4 is 23.3 Å². The average molecular weight is 281 g/mol. The zero-order valence-electron chi connectivity index (χ0n) is 10.8. The number of carbonyl (C=O) groups is 2. The normalized spacial score (nSPS) is 19.2. The number of nitrogens with one attached hydrogen (secondary N) is 1. The van der Waals surface area contributed by atoms with Crippen LogP contribution in [0.5, 0.6) is 0 Å². The van der Waals surface area contributed by atoms with Crippen LogP contribution >= 0.6 is 11.3 Å². The summed E-state index contributed by atoms with van der Waals surface area (Å²) in [4.78, 5) is 24.7. The molecule has 0 bridgehead atoms. The largest absolute Gasteiger partial charge is 0.355 e. The zero-order valence-corrected chi connectivity index (χ0v) is 11.6. The molecule has 1 aliphatic heterocycles. The summed E-state index contributed by atoms with van der Waals surface area (Å²) in [6.45, 7) is 1.75. The van der Waals surface area contributed by atoms with E-state index in [-0.39, 0.29) is 11.8 Å². The summed E-state index contributed by atoms with van der Waals surface area (Å²) in [5, 5.41) is 7.05. The number of nitrogens with two attached hydrogens (primary N) is 1. The second-order valence-corrected chi connectivity index (χ2v) is 5.58. The molecule has 0 radical (unpaired) electrons. The highest BCUT2D eigenvalue weighted by molar-refractivity contribution is 7.07. The SMILES string of the molecule is NC(=O)N1CCC[C@H](C(=O)NCCc2ccsc2)C1. The Bertz CT molecular complexity index is 433. The third-order valence-electron chi connectivity index (χ3n) is 3.40. The maximum atomic E-state index is 12.0. The number of rotatable bonds is 4. The number of piperidine rings is 1. The molecule has 1 aliphatic rings. The summed E-state index contributed by atoms with van der Waals surface area (Å²) < 4.78 is 0. The molecule has 2 heterocycles. The molecule has 0 aromatic carbocycles. The first-order valence-corrected chi connectivity index (χ1v) is 7.44. The van der Waals surface area contributed by atoms with E-state index in [0.29, 0.717) is 19.6 Å². The van der Waals surface area contributed by atoms with E-state index in [1.807, 2.05) is 5.38 Å². The first-order chi connectivity index (χ1) is 9.16. The van der Waals surface area contributed by atoms with Crippen LogP contribution in [0.4, 0.5) is 4.79 Å². The first-order valence-electron chi connectivity index (χ1n) is 6.50. The first kappa shape index (κ1) is 13.9. The second-order valence-electron chi connectivity index (χ2n) is 4.80. The van der Waals surface area contributed by atoms with Gasteiger partial charge in [-0.15, -0.1) is 0 Å². The molecule has 104 valence electrons. The minimum absolute atomic E-state index is 0.0289. The van der Waals surface area contributed by atoms with Gasteiger partial charge in [-0.1, -0.05) is 0 Å². The van der Waals surface area contributed by atoms with Crippen LogP contribution in [0.1, 0.15) is 18.4 Å². The molecule has 0 spiro atoms. The van der Waals surface area contributed by atoms with Crippen molar-refractivity contribution in [3.63, 3.8) is 0 Å². The van der Waals surface area contributed by atoms with E-state index in [9.17, 15) is 9.59 Å². The van der Waals surface area contributed by atoms with Crippen molar-refractivity contribution in [2.75, 3.05) is 19.6 Å². The van der Waals surface area contributed by atoms with Crippen molar-refractivity contribution in [2.45, 2.75) is 19.3 Å². The van der Waals surface area contributed by atoms with Gasteiger partial charge in [0.1, 0.15) is 0 Å². The Kier molecular flexibility index (Phi) is 4.79. The molecule has 3 amide bonds. The van der Waals surface area contributed by atoms with Gasteiger partial charge in [0.2, 0.25) is 5.91 Å². The number of urea groups is 1. The zero-order chi connectivity index (χ0) is 13.7. The minimum Gasteiger partial charge on any atom is -0.355 e. The molecule has 3 N–H and O–H groups in total. The van der Waals surface area contributed by atoms with Gasteiger partial charge >= 0.3 is 6.03 Å². The van der Waals surface area contributed by atoms with Gasteiger partial charge in [-0.2, -0.15) is 11.3 Å². The molecular weight excluding hydrogens is 262 g/mol. The fourth-order valence-corrected chi connectivity index (χ4v) is 3.00. The van der Waals surface area contributed by atoms with Gasteiger partial charge in [-0.3, -0.25) is 4.79 Å². The molecule has 5 nitrogen and oxygen atoms in total. The van der Waals surface area contributed by atoms with Crippen LogP contribution in [0.25, 0.3) is 0 Å². The monoisotopic (exact) mass is 281 g/mol. The Morgan fingerprint density at radius 2 is 2.37 bits per heavy atom. The third-order valence-corrected chi connectivity index (χ3v) is 4.13. The van der Waals surface area contributed by atoms with Crippen molar-refractivity contribution in [3.8, 4) is 0 Å². The number of hydrogen-bond acceptors (Lipinski definition) is 3. The standard InChI is InChI=1S/C13H19N3O2S/c14-13(18)16-6-1-2-11(8-16)12(17)15-5-3-10-4-7-19-9-10/h4,7,9,11H,1-3,5-6,8H2,(H2,14,18)(H,15,17)/t11-/m0/s1. The molecule has 0 saturated carbocycles. The molecule has 1 atom stereocenters. The summed E-state index contributed by atoms with van der Waals surface area (Å²) in [6.07, 6.45) is 2.51. The van der Waals surface area contributed by atoms with E-state index in [1.54, 1.807) is 16.2 Å². The molecule has 1 fully saturated rings. The number of carbonyl (C=O) groups excluding carboxylic acids is 2. The van der Waals surface area contributed by atoms with Crippen LogP contribution in [0.15, 0.2) is 16.8 Å². The highest BCUT2D eigenvalue weighted by Gasteiger charge is 2.26. The highest BCUT2D eigenvalue weighted by atomic mass is 32.1. The maximum Gasteiger partial charge on any atom is 0.314 e. The van der Waals surface area contributed by atoms with Gasteiger partial charge < -0.3 is 16.0 Å². The van der Waals surface area contributed by atoms with Gasteiger partial charge in [0.05, 0.1) is 5.92 Å². The van der Waals surface area contributed by atoms with E-state index in [4.69, 9.17) is 5.73 Å². The molecule has 0 aliphatic carbocycles. The number of nitrogens with zero attached hydrogens (tertiary/aromatic N) is 1. The molecule has 6 heteroatoms. The van der Waals surface area contributed by atoms with Crippen LogP contribution < -0.4 is 11.1 Å². The lowest BCUT2D eigenvalue weighted by Gasteiger charge is -2.30. The summed E-state index contributed by atoms with van der Waals surface area (Å²) in [6, 6.07) is 1.63. The van der Waals surface area contributed by atoms with E-state index in [0.717, 1.165) is 19.3 Å². The van der Waals surface area contributed by atoms with Crippen molar-refractivity contribution in [1.29, 1.82) is 0 Å². The number of likely N-dealkylation sites (tertiary alicyclic amines) is 1. The Balaban J connectivity index is 1.74. The van der Waals surface area contributed by atoms with Crippen LogP contribution in [-0.4, -0.2) is 36.5 Å². The summed E-state index contributed by atoms with van der Waals surface area (Å²) >= 11 is 1.66. The lowest BCUT2D eigenvalue weighted by atomic mass is 9.97. The molecule has 0 unspecified atom stereocenters. The Hall–Kier alpha value is -1.56. The number of amides is 3. The van der Waals surface area contributed by atoms with Crippen LogP contribution in [0.2, 0.25) is 0 Å². The van der Waals surface area contributed by atoms with Crippen LogP contribution in [0.3, 0.4) is 0 Å². The molecule has 2 rings (SSSR count). The van der Waals surface area contributed by atoms with Crippen molar-refractivity contribution < 1.29 is 9.59 Å². The Morgan fingerprint density at radius 3 is 3.05 bits per heavy atom. The number of thiophene rings is 1. The third kappa shape index (κ3) is 3.96. The van der Waals surface area contributed by atoms with Crippen molar-refractivity contribution in [3.05, 3.63) is 22.4 Å². The average Bonchev–Trinajstić information content (AvgIpc) is 2.92. The highest BCUT2D eigenvalue weighted by Crippen LogP contribution is 2.16. The predicted octanol–water partition coefficient (Wildman–Crippen LogP) is 1.20. The van der Waals surface area contributed by atoms with Crippen molar-refractivity contribution in [2.24, 2.45) is 11.7 Å². The smallest absolute Gasteiger partial charge is 0.314 e. The van der Waals surface area contributed by atoms with Gasteiger partial charge in [0.15, 0.2) is 0 Å². The van der Waals surface area contributed by atoms with Gasteiger partial charge in [0, 0.05) is 19.6 Å². The molecular formula is C13H19N3O2S. The van der Waals surface area contributed by atoms with E-state index < -0.39 is 6.03 Å². The summed E-state index contributed by atoms with van der Waals surface area (Å²) in [7, 11) is 0. The molecule has 19 heavy (non-hydrogen) atoms. The number of hydrogen-bond donors (Lipinski definition) is 2. The lowest BCUT2D eigenvalue weighted by molar-refractivity contribution is -0.126. The Labute approximate surface area is 116 Å². The summed E-state index contributed by atoms with van der Waals surface area (Å²) in [5.74, 6) is -0.0927. The van der Waals surface area contributed by atoms with Crippen LogP contribution in [0, 0.1) is 5.92 Å². The van der Waals surface area contributed by atoms with E-state index in [1.165, 1.54) is 5.56 Å². The number of primary amides is 1. The topological polar surface area (TPSA) is 75.4 Å². The van der Waals surface area contributed by atoms with Gasteiger partial charge in [0.25, 0.3) is 0 Å². The molecule has 1 aromatic rings. The second kappa shape index (κ2) is 6.56. The minimum atomic E-state index is -0.434. The lowest BCUT2D eigenvalue weighted by Crippen LogP contribution is -2.47. The Morgan fingerprint density at radius 1 is 1.53 bits per heavy atom. The van der Waals surface area contributed by atoms with E-state index in [2.05, 4.69) is 16.8 Å². The molecule has 1 aromatic heterocycles. The maximum absolute atomic E-state index is 12.0. The van der Waals surface area contributed by atoms with Crippen LogP contribution in [-0.2, 0) is 11.2 Å². The predicted molar refractivity (Wildman–Crippen MR) is 74.9 cm³/mol. The van der Waals surface area contributed by atoms with Gasteiger partial charge in [-0.05, 0) is 41.7 Å². The fraction of sp³-hybridized carbons (Fsp3) is 0.538.